The zero-order valence-corrected chi connectivity index (χ0v) is 15.7. The fraction of sp³-hybridized carbons (Fsp3) is 0.263. The minimum absolute atomic E-state index is 0.0529. The van der Waals surface area contributed by atoms with Crippen molar-refractivity contribution >= 4 is 5.97 Å². The maximum Gasteiger partial charge on any atom is 0.416 e. The fourth-order valence-electron chi connectivity index (χ4n) is 2.68. The van der Waals surface area contributed by atoms with Gasteiger partial charge in [0.15, 0.2) is 0 Å². The Kier molecular flexibility index (Phi) is 5.27. The Balaban J connectivity index is 1.94. The third kappa shape index (κ3) is 4.20. The zero-order chi connectivity index (χ0) is 21.3. The van der Waals surface area contributed by atoms with E-state index in [-0.39, 0.29) is 18.0 Å². The van der Waals surface area contributed by atoms with Crippen LogP contribution in [0.15, 0.2) is 39.6 Å². The van der Waals surface area contributed by atoms with Crippen molar-refractivity contribution in [3.05, 3.63) is 74.5 Å². The van der Waals surface area contributed by atoms with Gasteiger partial charge in [0.2, 0.25) is 11.1 Å². The van der Waals surface area contributed by atoms with Crippen LogP contribution in [0, 0.1) is 20.8 Å². The summed E-state index contributed by atoms with van der Waals surface area (Å²) in [6.07, 6.45) is -4.54. The second kappa shape index (κ2) is 7.53. The first-order valence-electron chi connectivity index (χ1n) is 8.45. The molecular formula is C19H16F3N3O4. The normalized spacial score (nSPS) is 11.5. The Hall–Kier alpha value is -3.43. The maximum absolute atomic E-state index is 13.0. The first kappa shape index (κ1) is 20.3. The molecule has 0 N–H and O–H groups in total. The monoisotopic (exact) mass is 407 g/mol. The molecule has 29 heavy (non-hydrogen) atoms. The smallest absolute Gasteiger partial charge is 0.416 e. The molecule has 0 fully saturated rings. The molecule has 1 aromatic carbocycles. The van der Waals surface area contributed by atoms with Crippen LogP contribution in [0.2, 0.25) is 0 Å². The first-order chi connectivity index (χ1) is 13.6. The lowest BCUT2D eigenvalue weighted by molar-refractivity contribution is -0.137. The van der Waals surface area contributed by atoms with Crippen molar-refractivity contribution in [2.24, 2.45) is 0 Å². The lowest BCUT2D eigenvalue weighted by Crippen LogP contribution is -2.24. The van der Waals surface area contributed by atoms with E-state index in [4.69, 9.17) is 9.26 Å². The van der Waals surface area contributed by atoms with Crippen LogP contribution in [0.3, 0.4) is 0 Å². The van der Waals surface area contributed by atoms with Crippen LogP contribution in [0.5, 0.6) is 0 Å². The molecule has 0 radical (unpaired) electrons. The Morgan fingerprint density at radius 2 is 1.93 bits per heavy atom. The number of hydrogen-bond acceptors (Lipinski definition) is 6. The molecule has 3 rings (SSSR count). The molecule has 0 saturated carbocycles. The average molecular weight is 407 g/mol. The number of hydrogen-bond donors (Lipinski definition) is 0. The van der Waals surface area contributed by atoms with Gasteiger partial charge in [-0.15, -0.1) is 0 Å². The second-order valence-electron chi connectivity index (χ2n) is 6.34. The number of alkyl halides is 3. The van der Waals surface area contributed by atoms with Crippen LogP contribution in [0.1, 0.15) is 38.8 Å². The van der Waals surface area contributed by atoms with E-state index in [0.29, 0.717) is 17.0 Å². The molecule has 3 aromatic rings. The highest BCUT2D eigenvalue weighted by molar-refractivity contribution is 5.87. The standard InChI is InChI=1S/C19H16F3N3O4/c1-10-7-16(26)17(18(27)28-9-15-11(2)24-29-12(15)3)23-25(10)14-6-4-5-13(8-14)19(20,21)22/h4-8H,9H2,1-3H3. The highest BCUT2D eigenvalue weighted by Crippen LogP contribution is 2.30. The summed E-state index contributed by atoms with van der Waals surface area (Å²) >= 11 is 0. The van der Waals surface area contributed by atoms with Crippen LogP contribution in [-0.4, -0.2) is 20.9 Å². The molecule has 0 spiro atoms. The Labute approximate surface area is 162 Å². The molecule has 0 bridgehead atoms. The van der Waals surface area contributed by atoms with Crippen LogP contribution in [0.4, 0.5) is 13.2 Å². The van der Waals surface area contributed by atoms with Crippen molar-refractivity contribution in [2.45, 2.75) is 33.6 Å². The van der Waals surface area contributed by atoms with E-state index in [0.717, 1.165) is 22.9 Å². The molecule has 2 heterocycles. The van der Waals surface area contributed by atoms with Gasteiger partial charge in [-0.3, -0.25) is 4.79 Å². The van der Waals surface area contributed by atoms with E-state index < -0.39 is 28.8 Å². The highest BCUT2D eigenvalue weighted by atomic mass is 19.4. The summed E-state index contributed by atoms with van der Waals surface area (Å²) in [4.78, 5) is 24.6. The quantitative estimate of drug-likeness (QED) is 0.615. The van der Waals surface area contributed by atoms with Crippen molar-refractivity contribution in [3.8, 4) is 5.69 Å². The second-order valence-corrected chi connectivity index (χ2v) is 6.34. The Bertz CT molecular complexity index is 1110. The summed E-state index contributed by atoms with van der Waals surface area (Å²) in [6.45, 7) is 4.63. The molecule has 0 aliphatic heterocycles. The number of carbonyl (C=O) groups excluding carboxylic acids is 1. The van der Waals surface area contributed by atoms with Gasteiger partial charge in [0, 0.05) is 11.8 Å². The van der Waals surface area contributed by atoms with E-state index in [1.165, 1.54) is 19.1 Å². The molecular weight excluding hydrogens is 391 g/mol. The van der Waals surface area contributed by atoms with Crippen LogP contribution >= 0.6 is 0 Å². The number of halogens is 3. The highest BCUT2D eigenvalue weighted by Gasteiger charge is 2.30. The molecule has 0 saturated heterocycles. The topological polar surface area (TPSA) is 87.2 Å². The van der Waals surface area contributed by atoms with Crippen LogP contribution < -0.4 is 5.43 Å². The van der Waals surface area contributed by atoms with Gasteiger partial charge in [-0.1, -0.05) is 11.2 Å². The molecule has 0 atom stereocenters. The minimum Gasteiger partial charge on any atom is -0.456 e. The molecule has 2 aromatic heterocycles. The van der Waals surface area contributed by atoms with Gasteiger partial charge in [0.1, 0.15) is 12.4 Å². The number of carbonyl (C=O) groups is 1. The summed E-state index contributed by atoms with van der Waals surface area (Å²) in [5.41, 5.74) is -0.711. The molecule has 0 aliphatic rings. The van der Waals surface area contributed by atoms with Gasteiger partial charge < -0.3 is 9.26 Å². The number of rotatable bonds is 4. The van der Waals surface area contributed by atoms with E-state index in [1.54, 1.807) is 13.8 Å². The van der Waals surface area contributed by atoms with Gasteiger partial charge in [-0.2, -0.15) is 18.3 Å². The van der Waals surface area contributed by atoms with Crippen molar-refractivity contribution in [1.82, 2.24) is 14.9 Å². The maximum atomic E-state index is 13.0. The summed E-state index contributed by atoms with van der Waals surface area (Å²) in [5, 5.41) is 7.67. The van der Waals surface area contributed by atoms with Crippen molar-refractivity contribution in [2.75, 3.05) is 0 Å². The van der Waals surface area contributed by atoms with Gasteiger partial charge in [-0.05, 0) is 39.0 Å². The van der Waals surface area contributed by atoms with Gasteiger partial charge in [-0.25, -0.2) is 9.48 Å². The molecule has 0 unspecified atom stereocenters. The zero-order valence-electron chi connectivity index (χ0n) is 15.7. The third-order valence-corrected chi connectivity index (χ3v) is 4.25. The average Bonchev–Trinajstić information content (AvgIpc) is 2.97. The predicted octanol–water partition coefficient (Wildman–Crippen LogP) is 3.52. The fourth-order valence-corrected chi connectivity index (χ4v) is 2.68. The Morgan fingerprint density at radius 3 is 2.55 bits per heavy atom. The Morgan fingerprint density at radius 1 is 1.21 bits per heavy atom. The molecule has 0 aliphatic carbocycles. The summed E-state index contributed by atoms with van der Waals surface area (Å²) in [6, 6.07) is 5.51. The van der Waals surface area contributed by atoms with E-state index in [2.05, 4.69) is 10.3 Å². The number of aryl methyl sites for hydroxylation is 3. The van der Waals surface area contributed by atoms with Crippen molar-refractivity contribution < 1.29 is 27.2 Å². The van der Waals surface area contributed by atoms with E-state index in [9.17, 15) is 22.8 Å². The number of aromatic nitrogens is 3. The summed E-state index contributed by atoms with van der Waals surface area (Å²) in [7, 11) is 0. The van der Waals surface area contributed by atoms with Gasteiger partial charge in [0.05, 0.1) is 22.5 Å². The largest absolute Gasteiger partial charge is 0.456 e. The first-order valence-corrected chi connectivity index (χ1v) is 8.45. The number of esters is 1. The van der Waals surface area contributed by atoms with Gasteiger partial charge in [0.25, 0.3) is 0 Å². The minimum atomic E-state index is -4.54. The van der Waals surface area contributed by atoms with Gasteiger partial charge >= 0.3 is 12.1 Å². The number of benzene rings is 1. The predicted molar refractivity (Wildman–Crippen MR) is 94.7 cm³/mol. The number of nitrogens with zero attached hydrogens (tertiary/aromatic N) is 3. The van der Waals surface area contributed by atoms with Crippen molar-refractivity contribution in [1.29, 1.82) is 0 Å². The molecule has 0 amide bonds. The van der Waals surface area contributed by atoms with Crippen LogP contribution in [-0.2, 0) is 17.5 Å². The lowest BCUT2D eigenvalue weighted by atomic mass is 10.2. The summed E-state index contributed by atoms with van der Waals surface area (Å²) in [5.74, 6) is -0.538. The van der Waals surface area contributed by atoms with E-state index >= 15 is 0 Å². The molecule has 152 valence electrons. The number of ether oxygens (including phenoxy) is 1. The lowest BCUT2D eigenvalue weighted by Gasteiger charge is -2.13. The molecule has 10 heteroatoms. The summed E-state index contributed by atoms with van der Waals surface area (Å²) < 4.78 is 50.2. The third-order valence-electron chi connectivity index (χ3n) is 4.25. The SMILES string of the molecule is Cc1noc(C)c1COC(=O)c1nn(-c2cccc(C(F)(F)F)c2)c(C)cc1=O. The molecule has 7 nitrogen and oxygen atoms in total. The van der Waals surface area contributed by atoms with E-state index in [1.807, 2.05) is 0 Å². The van der Waals surface area contributed by atoms with Crippen molar-refractivity contribution in [3.63, 3.8) is 0 Å². The van der Waals surface area contributed by atoms with Crippen LogP contribution in [0.25, 0.3) is 5.69 Å².